The van der Waals surface area contributed by atoms with Crippen LogP contribution in [-0.4, -0.2) is 36.1 Å². The molecule has 1 aliphatic rings. The Labute approximate surface area is 102 Å². The predicted molar refractivity (Wildman–Crippen MR) is 64.5 cm³/mol. The Hall–Kier alpha value is -1.10. The van der Waals surface area contributed by atoms with E-state index in [0.29, 0.717) is 5.92 Å². The maximum atomic E-state index is 11.9. The van der Waals surface area contributed by atoms with E-state index >= 15 is 0 Å². The lowest BCUT2D eigenvalue weighted by Gasteiger charge is -2.34. The van der Waals surface area contributed by atoms with Crippen LogP contribution in [0.4, 0.5) is 0 Å². The van der Waals surface area contributed by atoms with E-state index in [4.69, 9.17) is 5.11 Å². The molecule has 0 bridgehead atoms. The number of carboxylic acids is 1. The zero-order chi connectivity index (χ0) is 13.2. The van der Waals surface area contributed by atoms with Crippen LogP contribution < -0.4 is 10.6 Å². The SMILES string of the molecule is CC(C(=O)NC(C(=O)O)C(C)(C)C)C1CNC1. The van der Waals surface area contributed by atoms with Crippen molar-refractivity contribution in [3.05, 3.63) is 0 Å². The topological polar surface area (TPSA) is 78.4 Å². The molecule has 0 spiro atoms. The Morgan fingerprint density at radius 3 is 2.18 bits per heavy atom. The third kappa shape index (κ3) is 3.43. The van der Waals surface area contributed by atoms with Gasteiger partial charge in [-0.05, 0) is 24.4 Å². The van der Waals surface area contributed by atoms with Crippen molar-refractivity contribution in [1.82, 2.24) is 10.6 Å². The van der Waals surface area contributed by atoms with Crippen molar-refractivity contribution in [1.29, 1.82) is 0 Å². The molecule has 5 nitrogen and oxygen atoms in total. The molecule has 17 heavy (non-hydrogen) atoms. The first-order valence-corrected chi connectivity index (χ1v) is 5.97. The van der Waals surface area contributed by atoms with Gasteiger partial charge in [0, 0.05) is 5.92 Å². The van der Waals surface area contributed by atoms with Gasteiger partial charge in [-0.25, -0.2) is 4.79 Å². The number of carboxylic acid groups (broad SMARTS) is 1. The van der Waals surface area contributed by atoms with E-state index in [2.05, 4.69) is 10.6 Å². The fraction of sp³-hybridized carbons (Fsp3) is 0.833. The summed E-state index contributed by atoms with van der Waals surface area (Å²) >= 11 is 0. The van der Waals surface area contributed by atoms with Crippen LogP contribution in [0.3, 0.4) is 0 Å². The van der Waals surface area contributed by atoms with Crippen LogP contribution in [-0.2, 0) is 9.59 Å². The average Bonchev–Trinajstić information content (AvgIpc) is 2.08. The van der Waals surface area contributed by atoms with Gasteiger partial charge in [0.15, 0.2) is 0 Å². The van der Waals surface area contributed by atoms with Crippen LogP contribution in [0.15, 0.2) is 0 Å². The van der Waals surface area contributed by atoms with Crippen molar-refractivity contribution in [2.24, 2.45) is 17.3 Å². The summed E-state index contributed by atoms with van der Waals surface area (Å²) in [7, 11) is 0. The first-order valence-electron chi connectivity index (χ1n) is 5.97. The smallest absolute Gasteiger partial charge is 0.326 e. The van der Waals surface area contributed by atoms with Crippen molar-refractivity contribution in [3.8, 4) is 0 Å². The van der Waals surface area contributed by atoms with Gasteiger partial charge in [0.2, 0.25) is 5.91 Å². The van der Waals surface area contributed by atoms with Gasteiger partial charge >= 0.3 is 5.97 Å². The third-order valence-corrected chi connectivity index (χ3v) is 3.33. The molecule has 0 aromatic carbocycles. The number of nitrogens with one attached hydrogen (secondary N) is 2. The van der Waals surface area contributed by atoms with E-state index in [1.807, 2.05) is 27.7 Å². The molecule has 0 aliphatic carbocycles. The normalized spacial score (nSPS) is 20.2. The second-order valence-electron chi connectivity index (χ2n) is 5.85. The van der Waals surface area contributed by atoms with Gasteiger partial charge in [0.1, 0.15) is 6.04 Å². The van der Waals surface area contributed by atoms with Gasteiger partial charge in [-0.1, -0.05) is 27.7 Å². The summed E-state index contributed by atoms with van der Waals surface area (Å²) in [5.41, 5.74) is -0.487. The van der Waals surface area contributed by atoms with Crippen LogP contribution in [0, 0.1) is 17.3 Å². The molecule has 1 fully saturated rings. The maximum absolute atomic E-state index is 11.9. The Balaban J connectivity index is 2.60. The Morgan fingerprint density at radius 2 is 1.88 bits per heavy atom. The molecule has 3 N–H and O–H groups in total. The maximum Gasteiger partial charge on any atom is 0.326 e. The number of amides is 1. The highest BCUT2D eigenvalue weighted by Gasteiger charge is 2.36. The summed E-state index contributed by atoms with van der Waals surface area (Å²) < 4.78 is 0. The standard InChI is InChI=1S/C12H22N2O3/c1-7(8-5-13-6-8)10(15)14-9(11(16)17)12(2,3)4/h7-9,13H,5-6H2,1-4H3,(H,14,15)(H,16,17). The molecule has 1 heterocycles. The molecule has 0 aromatic rings. The second-order valence-corrected chi connectivity index (χ2v) is 5.85. The molecule has 0 aromatic heterocycles. The van der Waals surface area contributed by atoms with Crippen LogP contribution in [0.1, 0.15) is 27.7 Å². The van der Waals surface area contributed by atoms with Crippen LogP contribution >= 0.6 is 0 Å². The highest BCUT2D eigenvalue weighted by molar-refractivity contribution is 5.85. The number of aliphatic carboxylic acids is 1. The minimum atomic E-state index is -0.982. The Kier molecular flexibility index (Phi) is 4.14. The van der Waals surface area contributed by atoms with Gasteiger partial charge < -0.3 is 15.7 Å². The fourth-order valence-corrected chi connectivity index (χ4v) is 1.80. The highest BCUT2D eigenvalue weighted by atomic mass is 16.4. The first kappa shape index (κ1) is 14.0. The monoisotopic (exact) mass is 242 g/mol. The largest absolute Gasteiger partial charge is 0.480 e. The van der Waals surface area contributed by atoms with Gasteiger partial charge in [0.05, 0.1) is 0 Å². The third-order valence-electron chi connectivity index (χ3n) is 3.33. The quantitative estimate of drug-likeness (QED) is 0.669. The lowest BCUT2D eigenvalue weighted by molar-refractivity contribution is -0.146. The minimum absolute atomic E-state index is 0.138. The first-order chi connectivity index (χ1) is 7.73. The summed E-state index contributed by atoms with van der Waals surface area (Å²) in [4.78, 5) is 23.1. The molecule has 2 atom stereocenters. The van der Waals surface area contributed by atoms with Crippen molar-refractivity contribution < 1.29 is 14.7 Å². The predicted octanol–water partition coefficient (Wildman–Crippen LogP) is 0.457. The number of rotatable bonds is 4. The Morgan fingerprint density at radius 1 is 1.35 bits per heavy atom. The minimum Gasteiger partial charge on any atom is -0.480 e. The lowest BCUT2D eigenvalue weighted by Crippen LogP contribution is -2.54. The summed E-state index contributed by atoms with van der Waals surface area (Å²) in [6.45, 7) is 8.94. The molecular formula is C12H22N2O3. The van der Waals surface area contributed by atoms with Crippen molar-refractivity contribution in [3.63, 3.8) is 0 Å². The highest BCUT2D eigenvalue weighted by Crippen LogP contribution is 2.21. The van der Waals surface area contributed by atoms with E-state index in [-0.39, 0.29) is 11.8 Å². The molecule has 2 unspecified atom stereocenters. The fourth-order valence-electron chi connectivity index (χ4n) is 1.80. The molecule has 5 heteroatoms. The summed E-state index contributed by atoms with van der Waals surface area (Å²) in [6, 6.07) is -0.842. The summed E-state index contributed by atoms with van der Waals surface area (Å²) in [5, 5.41) is 14.9. The molecule has 98 valence electrons. The summed E-state index contributed by atoms with van der Waals surface area (Å²) in [6.07, 6.45) is 0. The van der Waals surface area contributed by atoms with E-state index in [9.17, 15) is 9.59 Å². The van der Waals surface area contributed by atoms with E-state index in [1.165, 1.54) is 0 Å². The number of carbonyl (C=O) groups excluding carboxylic acids is 1. The molecular weight excluding hydrogens is 220 g/mol. The number of carbonyl (C=O) groups is 2. The zero-order valence-corrected chi connectivity index (χ0v) is 10.9. The summed E-state index contributed by atoms with van der Waals surface area (Å²) in [5.74, 6) is -0.964. The van der Waals surface area contributed by atoms with Crippen molar-refractivity contribution in [2.45, 2.75) is 33.7 Å². The van der Waals surface area contributed by atoms with Gasteiger partial charge in [-0.15, -0.1) is 0 Å². The van der Waals surface area contributed by atoms with Gasteiger partial charge in [-0.2, -0.15) is 0 Å². The molecule has 0 radical (unpaired) electrons. The lowest BCUT2D eigenvalue weighted by atomic mass is 9.84. The molecule has 1 amide bonds. The van der Waals surface area contributed by atoms with E-state index in [0.717, 1.165) is 13.1 Å². The molecule has 1 saturated heterocycles. The average molecular weight is 242 g/mol. The molecule has 1 rings (SSSR count). The van der Waals surface area contributed by atoms with Gasteiger partial charge in [0.25, 0.3) is 0 Å². The van der Waals surface area contributed by atoms with Crippen molar-refractivity contribution in [2.75, 3.05) is 13.1 Å². The molecule has 0 saturated carbocycles. The van der Waals surface area contributed by atoms with Crippen LogP contribution in [0.5, 0.6) is 0 Å². The van der Waals surface area contributed by atoms with Crippen LogP contribution in [0.25, 0.3) is 0 Å². The van der Waals surface area contributed by atoms with Crippen LogP contribution in [0.2, 0.25) is 0 Å². The van der Waals surface area contributed by atoms with Crippen molar-refractivity contribution >= 4 is 11.9 Å². The number of hydrogen-bond acceptors (Lipinski definition) is 3. The molecule has 1 aliphatic heterocycles. The Bertz CT molecular complexity index is 305. The van der Waals surface area contributed by atoms with Gasteiger partial charge in [-0.3, -0.25) is 4.79 Å². The zero-order valence-electron chi connectivity index (χ0n) is 10.9. The van der Waals surface area contributed by atoms with E-state index in [1.54, 1.807) is 0 Å². The second kappa shape index (κ2) is 5.04. The number of hydrogen-bond donors (Lipinski definition) is 3. The van der Waals surface area contributed by atoms with E-state index < -0.39 is 17.4 Å².